The lowest BCUT2D eigenvalue weighted by Crippen LogP contribution is -2.25. The van der Waals surface area contributed by atoms with Crippen LogP contribution in [0.1, 0.15) is 22.3 Å². The molecule has 3 aromatic rings. The topological polar surface area (TPSA) is 110 Å². The van der Waals surface area contributed by atoms with Gasteiger partial charge in [-0.05, 0) is 42.7 Å². The summed E-state index contributed by atoms with van der Waals surface area (Å²) in [6.07, 6.45) is 1.35. The highest BCUT2D eigenvalue weighted by atomic mass is 32.2. The summed E-state index contributed by atoms with van der Waals surface area (Å²) in [4.78, 5) is 12.1. The standard InChI is InChI=1S/C19H20N4O4S2/c1-27-16-11-9-14(10-12-16)6-5-13-20-29(25,26)19-23-22-18(28-19)21-17(24)15-7-3-2-4-8-15/h2-4,7-12,20H,5-6,13H2,1H3,(H,21,22,24). The van der Waals surface area contributed by atoms with Crippen molar-refractivity contribution in [1.29, 1.82) is 0 Å². The predicted molar refractivity (Wildman–Crippen MR) is 111 cm³/mol. The molecule has 0 bridgehead atoms. The van der Waals surface area contributed by atoms with Crippen LogP contribution in [0.25, 0.3) is 0 Å². The average molecular weight is 433 g/mol. The van der Waals surface area contributed by atoms with E-state index in [0.717, 1.165) is 29.1 Å². The van der Waals surface area contributed by atoms with E-state index in [2.05, 4.69) is 20.2 Å². The summed E-state index contributed by atoms with van der Waals surface area (Å²) in [5.41, 5.74) is 1.54. The molecule has 0 aliphatic rings. The minimum absolute atomic E-state index is 0.123. The molecule has 8 nitrogen and oxygen atoms in total. The molecular formula is C19H20N4O4S2. The number of aryl methyl sites for hydroxylation is 1. The third-order valence-electron chi connectivity index (χ3n) is 3.99. The molecule has 1 heterocycles. The van der Waals surface area contributed by atoms with Crippen molar-refractivity contribution < 1.29 is 17.9 Å². The maximum atomic E-state index is 12.4. The first-order valence-corrected chi connectivity index (χ1v) is 11.1. The van der Waals surface area contributed by atoms with Gasteiger partial charge in [-0.15, -0.1) is 10.2 Å². The molecule has 0 atom stereocenters. The van der Waals surface area contributed by atoms with Crippen molar-refractivity contribution in [3.8, 4) is 5.75 Å². The Bertz CT molecular complexity index is 1050. The van der Waals surface area contributed by atoms with E-state index in [0.29, 0.717) is 12.0 Å². The van der Waals surface area contributed by atoms with Gasteiger partial charge >= 0.3 is 0 Å². The van der Waals surface area contributed by atoms with E-state index in [1.807, 2.05) is 24.3 Å². The maximum Gasteiger partial charge on any atom is 0.269 e. The quantitative estimate of drug-likeness (QED) is 0.397. The van der Waals surface area contributed by atoms with Crippen molar-refractivity contribution in [2.75, 3.05) is 19.0 Å². The molecule has 1 aromatic heterocycles. The Hall–Kier alpha value is -2.82. The van der Waals surface area contributed by atoms with Gasteiger partial charge in [0, 0.05) is 12.1 Å². The van der Waals surface area contributed by atoms with E-state index < -0.39 is 10.0 Å². The van der Waals surface area contributed by atoms with Gasteiger partial charge in [0.05, 0.1) is 7.11 Å². The number of ether oxygens (including phenoxy) is 1. The van der Waals surface area contributed by atoms with Crippen molar-refractivity contribution in [3.05, 3.63) is 65.7 Å². The number of benzene rings is 2. The van der Waals surface area contributed by atoms with Crippen LogP contribution in [-0.2, 0) is 16.4 Å². The summed E-state index contributed by atoms with van der Waals surface area (Å²) in [5.74, 6) is 0.402. The molecule has 10 heteroatoms. The number of rotatable bonds is 9. The first-order chi connectivity index (χ1) is 14.0. The molecule has 0 aliphatic heterocycles. The molecule has 0 radical (unpaired) electrons. The molecule has 29 heavy (non-hydrogen) atoms. The molecule has 0 aliphatic carbocycles. The highest BCUT2D eigenvalue weighted by Gasteiger charge is 2.20. The zero-order valence-electron chi connectivity index (χ0n) is 15.7. The Morgan fingerprint density at radius 1 is 1.07 bits per heavy atom. The molecular weight excluding hydrogens is 412 g/mol. The van der Waals surface area contributed by atoms with Gasteiger partial charge in [-0.3, -0.25) is 10.1 Å². The Morgan fingerprint density at radius 2 is 1.79 bits per heavy atom. The van der Waals surface area contributed by atoms with Crippen LogP contribution in [0.15, 0.2) is 58.9 Å². The van der Waals surface area contributed by atoms with E-state index in [1.165, 1.54) is 0 Å². The van der Waals surface area contributed by atoms with Crippen LogP contribution in [0.4, 0.5) is 5.13 Å². The van der Waals surface area contributed by atoms with Crippen molar-refractivity contribution in [2.24, 2.45) is 0 Å². The zero-order valence-corrected chi connectivity index (χ0v) is 17.3. The number of methoxy groups -OCH3 is 1. The lowest BCUT2D eigenvalue weighted by Gasteiger charge is -2.05. The van der Waals surface area contributed by atoms with Gasteiger partial charge in [0.25, 0.3) is 15.9 Å². The number of sulfonamides is 1. The van der Waals surface area contributed by atoms with Crippen molar-refractivity contribution >= 4 is 32.4 Å². The van der Waals surface area contributed by atoms with Gasteiger partial charge in [-0.2, -0.15) is 0 Å². The summed E-state index contributed by atoms with van der Waals surface area (Å²) < 4.78 is 32.2. The van der Waals surface area contributed by atoms with Crippen molar-refractivity contribution in [3.63, 3.8) is 0 Å². The number of nitrogens with one attached hydrogen (secondary N) is 2. The van der Waals surface area contributed by atoms with Gasteiger partial charge < -0.3 is 4.74 Å². The second kappa shape index (κ2) is 9.59. The number of aromatic nitrogens is 2. The molecule has 2 aromatic carbocycles. The molecule has 0 spiro atoms. The van der Waals surface area contributed by atoms with Crippen molar-refractivity contribution in [1.82, 2.24) is 14.9 Å². The van der Waals surface area contributed by atoms with Crippen LogP contribution < -0.4 is 14.8 Å². The summed E-state index contributed by atoms with van der Waals surface area (Å²) >= 11 is 0.803. The first kappa shape index (κ1) is 20.9. The summed E-state index contributed by atoms with van der Waals surface area (Å²) in [5, 5.41) is 10.1. The van der Waals surface area contributed by atoms with E-state index in [9.17, 15) is 13.2 Å². The minimum atomic E-state index is -3.78. The summed E-state index contributed by atoms with van der Waals surface area (Å²) in [6, 6.07) is 16.2. The molecule has 0 fully saturated rings. The monoisotopic (exact) mass is 432 g/mol. The number of hydrogen-bond acceptors (Lipinski definition) is 7. The van der Waals surface area contributed by atoms with Gasteiger partial charge in [-0.1, -0.05) is 41.7 Å². The van der Waals surface area contributed by atoms with Crippen LogP contribution >= 0.6 is 11.3 Å². The Labute approximate surface area is 173 Å². The lowest BCUT2D eigenvalue weighted by atomic mass is 10.1. The highest BCUT2D eigenvalue weighted by Crippen LogP contribution is 2.20. The Kier molecular flexibility index (Phi) is 6.91. The lowest BCUT2D eigenvalue weighted by molar-refractivity contribution is 0.102. The third-order valence-corrected chi connectivity index (χ3v) is 6.65. The molecule has 0 saturated heterocycles. The third kappa shape index (κ3) is 5.83. The molecule has 2 N–H and O–H groups in total. The maximum absolute atomic E-state index is 12.4. The van der Waals surface area contributed by atoms with Gasteiger partial charge in [0.2, 0.25) is 9.47 Å². The number of carbonyl (C=O) groups excluding carboxylic acids is 1. The largest absolute Gasteiger partial charge is 0.497 e. The molecule has 1 amide bonds. The number of anilines is 1. The van der Waals surface area contributed by atoms with Crippen LogP contribution in [0.5, 0.6) is 5.75 Å². The van der Waals surface area contributed by atoms with E-state index in [4.69, 9.17) is 4.74 Å². The summed E-state index contributed by atoms with van der Waals surface area (Å²) in [7, 11) is -2.17. The minimum Gasteiger partial charge on any atom is -0.497 e. The highest BCUT2D eigenvalue weighted by molar-refractivity contribution is 7.91. The fourth-order valence-corrected chi connectivity index (χ4v) is 4.49. The smallest absolute Gasteiger partial charge is 0.269 e. The number of hydrogen-bond donors (Lipinski definition) is 2. The summed E-state index contributed by atoms with van der Waals surface area (Å²) in [6.45, 7) is 0.264. The van der Waals surface area contributed by atoms with Gasteiger partial charge in [-0.25, -0.2) is 13.1 Å². The average Bonchev–Trinajstić information content (AvgIpc) is 3.22. The van der Waals surface area contributed by atoms with Crippen LogP contribution in [0.3, 0.4) is 0 Å². The van der Waals surface area contributed by atoms with E-state index in [-0.39, 0.29) is 21.9 Å². The number of nitrogens with zero attached hydrogens (tertiary/aromatic N) is 2. The van der Waals surface area contributed by atoms with Crippen molar-refractivity contribution in [2.45, 2.75) is 17.2 Å². The fraction of sp³-hybridized carbons (Fsp3) is 0.211. The first-order valence-electron chi connectivity index (χ1n) is 8.80. The van der Waals surface area contributed by atoms with Crippen LogP contribution in [0.2, 0.25) is 0 Å². The Morgan fingerprint density at radius 3 is 2.48 bits per heavy atom. The fourth-order valence-electron chi connectivity index (χ4n) is 2.48. The second-order valence-electron chi connectivity index (χ2n) is 6.04. The normalized spacial score (nSPS) is 11.2. The molecule has 3 rings (SSSR count). The van der Waals surface area contributed by atoms with Gasteiger partial charge in [0.1, 0.15) is 5.75 Å². The second-order valence-corrected chi connectivity index (χ2v) is 8.96. The zero-order chi connectivity index (χ0) is 20.7. The SMILES string of the molecule is COc1ccc(CCCNS(=O)(=O)c2nnc(NC(=O)c3ccccc3)s2)cc1. The van der Waals surface area contributed by atoms with E-state index in [1.54, 1.807) is 37.4 Å². The van der Waals surface area contributed by atoms with Gasteiger partial charge in [0.15, 0.2) is 0 Å². The van der Waals surface area contributed by atoms with Crippen LogP contribution in [0, 0.1) is 0 Å². The molecule has 152 valence electrons. The predicted octanol–water partition coefficient (Wildman–Crippen LogP) is 2.71. The Balaban J connectivity index is 1.51. The number of carbonyl (C=O) groups is 1. The number of amides is 1. The molecule has 0 saturated carbocycles. The van der Waals surface area contributed by atoms with E-state index >= 15 is 0 Å². The van der Waals surface area contributed by atoms with Crippen LogP contribution in [-0.4, -0.2) is 38.2 Å². The molecule has 0 unspecified atom stereocenters.